The summed E-state index contributed by atoms with van der Waals surface area (Å²) in [5.74, 6) is 1.79. The van der Waals surface area contributed by atoms with E-state index in [-0.39, 0.29) is 0 Å². The fourth-order valence-corrected chi connectivity index (χ4v) is 4.75. The lowest BCUT2D eigenvalue weighted by atomic mass is 10.0. The highest BCUT2D eigenvalue weighted by Crippen LogP contribution is 2.36. The number of hydrogen-bond donors (Lipinski definition) is 0. The van der Waals surface area contributed by atoms with Crippen molar-refractivity contribution in [3.05, 3.63) is 85.2 Å². The third kappa shape index (κ3) is 3.10. The van der Waals surface area contributed by atoms with Crippen LogP contribution < -0.4 is 0 Å². The molecule has 166 valence electrons. The SMILES string of the molecule is CCn1c(-c2cccnc2-c2ncccc2-c2nc3ccccc3n2CC)nc2ccccc21. The minimum absolute atomic E-state index is 0.804. The molecule has 6 nitrogen and oxygen atoms in total. The molecule has 6 aromatic rings. The van der Waals surface area contributed by atoms with Crippen LogP contribution in [0.2, 0.25) is 0 Å². The summed E-state index contributed by atoms with van der Waals surface area (Å²) in [7, 11) is 0. The van der Waals surface area contributed by atoms with Crippen LogP contribution in [-0.4, -0.2) is 29.1 Å². The highest BCUT2D eigenvalue weighted by Gasteiger charge is 2.22. The third-order valence-electron chi connectivity index (χ3n) is 6.26. The van der Waals surface area contributed by atoms with E-state index in [2.05, 4.69) is 71.5 Å². The lowest BCUT2D eigenvalue weighted by Crippen LogP contribution is -2.03. The number of pyridine rings is 2. The first kappa shape index (κ1) is 20.3. The van der Waals surface area contributed by atoms with Crippen molar-refractivity contribution in [1.82, 2.24) is 29.1 Å². The minimum atomic E-state index is 0.804. The minimum Gasteiger partial charge on any atom is -0.324 e. The van der Waals surface area contributed by atoms with Gasteiger partial charge in [-0.25, -0.2) is 9.97 Å². The van der Waals surface area contributed by atoms with Gasteiger partial charge in [-0.15, -0.1) is 0 Å². The first-order valence-electron chi connectivity index (χ1n) is 11.6. The molecule has 4 aromatic heterocycles. The molecule has 4 heterocycles. The van der Waals surface area contributed by atoms with Gasteiger partial charge >= 0.3 is 0 Å². The maximum Gasteiger partial charge on any atom is 0.143 e. The number of para-hydroxylation sites is 4. The van der Waals surface area contributed by atoms with Crippen molar-refractivity contribution in [1.29, 1.82) is 0 Å². The number of hydrogen-bond acceptors (Lipinski definition) is 4. The normalized spacial score (nSPS) is 11.5. The maximum atomic E-state index is 4.99. The molecule has 0 bridgehead atoms. The van der Waals surface area contributed by atoms with Gasteiger partial charge in [0, 0.05) is 36.6 Å². The summed E-state index contributed by atoms with van der Waals surface area (Å²) in [6.07, 6.45) is 3.64. The van der Waals surface area contributed by atoms with Crippen molar-refractivity contribution in [2.24, 2.45) is 0 Å². The molecule has 6 heteroatoms. The Balaban J connectivity index is 1.61. The van der Waals surface area contributed by atoms with Gasteiger partial charge in [0.25, 0.3) is 0 Å². The van der Waals surface area contributed by atoms with Crippen molar-refractivity contribution >= 4 is 22.1 Å². The molecule has 0 saturated heterocycles. The average Bonchev–Trinajstić information content (AvgIpc) is 3.46. The summed E-state index contributed by atoms with van der Waals surface area (Å²) >= 11 is 0. The summed E-state index contributed by atoms with van der Waals surface area (Å²) in [6, 6.07) is 24.6. The fraction of sp³-hybridized carbons (Fsp3) is 0.143. The molecule has 0 spiro atoms. The van der Waals surface area contributed by atoms with Gasteiger partial charge in [0.2, 0.25) is 0 Å². The van der Waals surface area contributed by atoms with Crippen LogP contribution in [0.15, 0.2) is 85.2 Å². The number of imidazole rings is 2. The van der Waals surface area contributed by atoms with Crippen LogP contribution in [0.25, 0.3) is 56.2 Å². The topological polar surface area (TPSA) is 61.4 Å². The van der Waals surface area contributed by atoms with E-state index in [1.807, 2.05) is 36.7 Å². The van der Waals surface area contributed by atoms with Crippen molar-refractivity contribution in [2.45, 2.75) is 26.9 Å². The van der Waals surface area contributed by atoms with Gasteiger partial charge < -0.3 is 9.13 Å². The predicted molar refractivity (Wildman–Crippen MR) is 136 cm³/mol. The average molecular weight is 445 g/mol. The van der Waals surface area contributed by atoms with Crippen molar-refractivity contribution in [2.75, 3.05) is 0 Å². The lowest BCUT2D eigenvalue weighted by molar-refractivity contribution is 0.795. The van der Waals surface area contributed by atoms with Crippen LogP contribution >= 0.6 is 0 Å². The second-order valence-electron chi connectivity index (χ2n) is 8.14. The third-order valence-corrected chi connectivity index (χ3v) is 6.26. The van der Waals surface area contributed by atoms with Gasteiger partial charge in [-0.2, -0.15) is 0 Å². The Morgan fingerprint density at radius 2 is 1.00 bits per heavy atom. The van der Waals surface area contributed by atoms with Crippen LogP contribution in [0.1, 0.15) is 13.8 Å². The van der Waals surface area contributed by atoms with Crippen LogP contribution in [0, 0.1) is 0 Å². The van der Waals surface area contributed by atoms with E-state index in [1.165, 1.54) is 0 Å². The van der Waals surface area contributed by atoms with Gasteiger partial charge in [0.1, 0.15) is 23.0 Å². The summed E-state index contributed by atoms with van der Waals surface area (Å²) in [4.78, 5) is 19.6. The monoisotopic (exact) mass is 444 g/mol. The molecule has 0 N–H and O–H groups in total. The molecule has 6 rings (SSSR count). The first-order chi connectivity index (χ1) is 16.8. The molecule has 34 heavy (non-hydrogen) atoms. The Morgan fingerprint density at radius 1 is 0.559 bits per heavy atom. The molecule has 0 radical (unpaired) electrons. The van der Waals surface area contributed by atoms with E-state index in [0.29, 0.717) is 0 Å². The number of benzene rings is 2. The Labute approximate surface area is 197 Å². The van der Waals surface area contributed by atoms with E-state index in [0.717, 1.165) is 69.3 Å². The second kappa shape index (κ2) is 8.23. The molecular weight excluding hydrogens is 420 g/mol. The van der Waals surface area contributed by atoms with E-state index >= 15 is 0 Å². The van der Waals surface area contributed by atoms with Gasteiger partial charge in [-0.05, 0) is 62.4 Å². The number of aryl methyl sites for hydroxylation is 2. The van der Waals surface area contributed by atoms with E-state index < -0.39 is 0 Å². The molecule has 0 amide bonds. The zero-order valence-corrected chi connectivity index (χ0v) is 19.2. The molecule has 0 fully saturated rings. The molecule has 0 atom stereocenters. The maximum absolute atomic E-state index is 4.99. The zero-order valence-electron chi connectivity index (χ0n) is 19.2. The highest BCUT2D eigenvalue weighted by atomic mass is 15.1. The van der Waals surface area contributed by atoms with Crippen molar-refractivity contribution in [3.8, 4) is 34.2 Å². The van der Waals surface area contributed by atoms with Crippen LogP contribution in [-0.2, 0) is 13.1 Å². The van der Waals surface area contributed by atoms with Crippen LogP contribution in [0.5, 0.6) is 0 Å². The van der Waals surface area contributed by atoms with Crippen LogP contribution in [0.3, 0.4) is 0 Å². The quantitative estimate of drug-likeness (QED) is 0.317. The number of nitrogens with zero attached hydrogens (tertiary/aromatic N) is 6. The van der Waals surface area contributed by atoms with E-state index in [1.54, 1.807) is 0 Å². The Kier molecular flexibility index (Phi) is 4.91. The summed E-state index contributed by atoms with van der Waals surface area (Å²) in [5, 5.41) is 0. The molecule has 0 unspecified atom stereocenters. The molecule has 0 aliphatic rings. The zero-order chi connectivity index (χ0) is 23.1. The van der Waals surface area contributed by atoms with Gasteiger partial charge in [0.15, 0.2) is 0 Å². The van der Waals surface area contributed by atoms with Gasteiger partial charge in [0.05, 0.1) is 22.1 Å². The summed E-state index contributed by atoms with van der Waals surface area (Å²) in [5.41, 5.74) is 7.70. The van der Waals surface area contributed by atoms with Crippen LogP contribution in [0.4, 0.5) is 0 Å². The Hall–Kier alpha value is -4.32. The number of aromatic nitrogens is 6. The Bertz CT molecular complexity index is 1520. The number of rotatable bonds is 5. The highest BCUT2D eigenvalue weighted by molar-refractivity contribution is 5.90. The lowest BCUT2D eigenvalue weighted by Gasteiger charge is -2.13. The molecule has 0 aliphatic heterocycles. The van der Waals surface area contributed by atoms with Gasteiger partial charge in [-0.3, -0.25) is 9.97 Å². The van der Waals surface area contributed by atoms with E-state index in [4.69, 9.17) is 19.9 Å². The second-order valence-corrected chi connectivity index (χ2v) is 8.14. The van der Waals surface area contributed by atoms with Gasteiger partial charge in [-0.1, -0.05) is 24.3 Å². The Morgan fingerprint density at radius 3 is 1.44 bits per heavy atom. The molecular formula is C28H24N6. The predicted octanol–water partition coefficient (Wildman–Crippen LogP) is 6.22. The standard InChI is InChI=1S/C28H24N6/c1-3-33-23-15-7-5-13-21(23)31-27(33)19-11-9-17-29-25(19)26-20(12-10-18-30-26)28-32-22-14-6-8-16-24(22)34(28)4-2/h5-18H,3-4H2,1-2H3. The summed E-state index contributed by atoms with van der Waals surface area (Å²) < 4.78 is 4.47. The van der Waals surface area contributed by atoms with Crippen molar-refractivity contribution < 1.29 is 0 Å². The van der Waals surface area contributed by atoms with E-state index in [9.17, 15) is 0 Å². The first-order valence-corrected chi connectivity index (χ1v) is 11.6. The molecule has 0 aliphatic carbocycles. The molecule has 2 aromatic carbocycles. The largest absolute Gasteiger partial charge is 0.324 e. The fourth-order valence-electron chi connectivity index (χ4n) is 4.75. The smallest absolute Gasteiger partial charge is 0.143 e. The summed E-state index contributed by atoms with van der Waals surface area (Å²) in [6.45, 7) is 5.91. The molecule has 0 saturated carbocycles. The number of fused-ring (bicyclic) bond motifs is 2. The van der Waals surface area contributed by atoms with Crippen molar-refractivity contribution in [3.63, 3.8) is 0 Å².